The number of pyridine rings is 1. The van der Waals surface area contributed by atoms with Crippen LogP contribution in [0.25, 0.3) is 23.1 Å². The summed E-state index contributed by atoms with van der Waals surface area (Å²) in [4.78, 5) is 4.42. The van der Waals surface area contributed by atoms with Crippen LogP contribution in [-0.2, 0) is 0 Å². The van der Waals surface area contributed by atoms with E-state index in [0.717, 1.165) is 16.5 Å². The number of rotatable bonds is 5. The zero-order chi connectivity index (χ0) is 17.0. The lowest BCUT2D eigenvalue weighted by Gasteiger charge is -2.28. The second-order valence-electron chi connectivity index (χ2n) is 6.75. The lowest BCUT2D eigenvalue weighted by Crippen LogP contribution is -2.40. The molecule has 2 nitrogen and oxygen atoms in total. The Morgan fingerprint density at radius 1 is 0.917 bits per heavy atom. The van der Waals surface area contributed by atoms with Crippen molar-refractivity contribution in [1.29, 1.82) is 0 Å². The Hall–Kier alpha value is -2.45. The highest BCUT2D eigenvalue weighted by Crippen LogP contribution is 2.22. The van der Waals surface area contributed by atoms with Gasteiger partial charge < -0.3 is 0 Å². The second kappa shape index (κ2) is 6.98. The highest BCUT2D eigenvalue weighted by atomic mass is 15.3. The maximum Gasteiger partial charge on any atom is 0.132 e. The fraction of sp³-hybridized carbons (Fsp3) is 0.227. The van der Waals surface area contributed by atoms with Gasteiger partial charge in [0.25, 0.3) is 0 Å². The third kappa shape index (κ3) is 3.55. The van der Waals surface area contributed by atoms with Gasteiger partial charge in [-0.25, -0.2) is 0 Å². The number of hydrogen-bond acceptors (Lipinski definition) is 1. The minimum Gasteiger partial charge on any atom is -0.296 e. The van der Waals surface area contributed by atoms with E-state index in [2.05, 4.69) is 86.7 Å². The van der Waals surface area contributed by atoms with Crippen molar-refractivity contribution in [2.45, 2.75) is 13.3 Å². The lowest BCUT2D eigenvalue weighted by molar-refractivity contribution is 0.398. The molecule has 0 unspecified atom stereocenters. The summed E-state index contributed by atoms with van der Waals surface area (Å²) >= 11 is 0. The minimum atomic E-state index is 0.926. The van der Waals surface area contributed by atoms with Gasteiger partial charge in [0, 0.05) is 11.6 Å². The maximum absolute atomic E-state index is 4.42. The average Bonchev–Trinajstić information content (AvgIpc) is 2.60. The summed E-state index contributed by atoms with van der Waals surface area (Å²) in [5, 5.41) is 1.19. The van der Waals surface area contributed by atoms with Gasteiger partial charge in [-0.3, -0.25) is 9.47 Å². The molecule has 0 saturated carbocycles. The van der Waals surface area contributed by atoms with Crippen LogP contribution < -0.4 is 4.48 Å². The van der Waals surface area contributed by atoms with E-state index < -0.39 is 0 Å². The Kier molecular flexibility index (Phi) is 4.77. The summed E-state index contributed by atoms with van der Waals surface area (Å²) in [5.41, 5.74) is 4.81. The molecule has 1 aromatic heterocycles. The Morgan fingerprint density at radius 2 is 1.67 bits per heavy atom. The van der Waals surface area contributed by atoms with Crippen LogP contribution >= 0.6 is 0 Å². The van der Waals surface area contributed by atoms with Crippen LogP contribution in [0.1, 0.15) is 24.5 Å². The summed E-state index contributed by atoms with van der Waals surface area (Å²) in [5.74, 6) is 0. The van der Waals surface area contributed by atoms with Crippen LogP contribution in [-0.4, -0.2) is 25.6 Å². The van der Waals surface area contributed by atoms with Crippen molar-refractivity contribution in [3.8, 4) is 0 Å². The van der Waals surface area contributed by atoms with Crippen LogP contribution in [0.3, 0.4) is 0 Å². The molecular formula is C22H25N2+. The molecule has 2 heteroatoms. The summed E-state index contributed by atoms with van der Waals surface area (Å²) in [7, 11) is 4.52. The first-order chi connectivity index (χ1) is 11.6. The second-order valence-corrected chi connectivity index (χ2v) is 6.75. The molecule has 0 aliphatic rings. The lowest BCUT2D eigenvalue weighted by atomic mass is 10.1. The van der Waals surface area contributed by atoms with Crippen molar-refractivity contribution >= 4 is 28.7 Å². The van der Waals surface area contributed by atoms with Crippen molar-refractivity contribution in [3.63, 3.8) is 0 Å². The van der Waals surface area contributed by atoms with Gasteiger partial charge in [-0.15, -0.1) is 0 Å². The van der Waals surface area contributed by atoms with E-state index in [4.69, 9.17) is 0 Å². The monoisotopic (exact) mass is 317 g/mol. The normalized spacial score (nSPS) is 12.1. The number of para-hydroxylation sites is 1. The fourth-order valence-electron chi connectivity index (χ4n) is 3.13. The van der Waals surface area contributed by atoms with Crippen molar-refractivity contribution in [3.05, 3.63) is 71.9 Å². The van der Waals surface area contributed by atoms with E-state index in [1.54, 1.807) is 0 Å². The van der Waals surface area contributed by atoms with Gasteiger partial charge in [-0.2, -0.15) is 0 Å². The number of benzene rings is 2. The Morgan fingerprint density at radius 3 is 2.42 bits per heavy atom. The molecule has 0 saturated heterocycles. The molecular weight excluding hydrogens is 292 g/mol. The van der Waals surface area contributed by atoms with E-state index in [9.17, 15) is 0 Å². The molecule has 3 rings (SSSR count). The van der Waals surface area contributed by atoms with Crippen molar-refractivity contribution in [2.24, 2.45) is 0 Å². The molecule has 0 radical (unpaired) electrons. The molecule has 122 valence electrons. The van der Waals surface area contributed by atoms with Gasteiger partial charge in [0.1, 0.15) is 5.69 Å². The van der Waals surface area contributed by atoms with Crippen LogP contribution in [0, 0.1) is 0 Å². The van der Waals surface area contributed by atoms with E-state index in [0.29, 0.717) is 0 Å². The molecule has 0 aliphatic carbocycles. The Balaban J connectivity index is 1.84. The summed E-state index contributed by atoms with van der Waals surface area (Å²) in [6.45, 7) is 3.38. The van der Waals surface area contributed by atoms with E-state index in [-0.39, 0.29) is 0 Å². The molecule has 0 N–H and O–H groups in total. The summed E-state index contributed by atoms with van der Waals surface area (Å²) in [6.07, 6.45) is 7.40. The molecule has 0 bridgehead atoms. The Bertz CT molecular complexity index is 840. The molecule has 0 fully saturated rings. The molecule has 0 atom stereocenters. The zero-order valence-electron chi connectivity index (χ0n) is 14.7. The van der Waals surface area contributed by atoms with Gasteiger partial charge in [-0.1, -0.05) is 37.3 Å². The van der Waals surface area contributed by atoms with Gasteiger partial charge in [0.2, 0.25) is 0 Å². The van der Waals surface area contributed by atoms with Gasteiger partial charge in [0.05, 0.1) is 26.2 Å². The quantitative estimate of drug-likeness (QED) is 0.576. The molecule has 2 aromatic carbocycles. The maximum atomic E-state index is 4.42. The van der Waals surface area contributed by atoms with Gasteiger partial charge >= 0.3 is 0 Å². The van der Waals surface area contributed by atoms with Crippen LogP contribution in [0.15, 0.2) is 60.8 Å². The molecule has 1 heterocycles. The predicted molar refractivity (Wildman–Crippen MR) is 106 cm³/mol. The number of nitrogens with zero attached hydrogens (tertiary/aromatic N) is 2. The standard InChI is InChI=1S/C22H25N2/c1-4-17-24(2,3)20-13-10-18(11-14-20)9-12-19-15-16-23-22-8-6-5-7-21(19)22/h5-16H,4,17H2,1-3H3/q+1/b12-9+. The largest absolute Gasteiger partial charge is 0.296 e. The van der Waals surface area contributed by atoms with Crippen molar-refractivity contribution in [2.75, 3.05) is 20.6 Å². The molecule has 0 aliphatic heterocycles. The minimum absolute atomic E-state index is 0.926. The highest BCUT2D eigenvalue weighted by molar-refractivity contribution is 5.90. The van der Waals surface area contributed by atoms with Crippen molar-refractivity contribution in [1.82, 2.24) is 9.47 Å². The zero-order valence-corrected chi connectivity index (χ0v) is 14.7. The SMILES string of the molecule is CCC[N+](C)(C)c1ccc(/C=C/c2ccnc3ccccc23)cc1. The van der Waals surface area contributed by atoms with E-state index in [1.165, 1.54) is 28.6 Å². The number of aromatic nitrogens is 1. The number of quaternary nitrogens is 1. The average molecular weight is 317 g/mol. The van der Waals surface area contributed by atoms with Crippen molar-refractivity contribution < 1.29 is 0 Å². The highest BCUT2D eigenvalue weighted by Gasteiger charge is 2.16. The van der Waals surface area contributed by atoms with Gasteiger partial charge in [-0.05, 0) is 53.9 Å². The van der Waals surface area contributed by atoms with Crippen LogP contribution in [0.5, 0.6) is 0 Å². The molecule has 3 aromatic rings. The number of hydrogen-bond donors (Lipinski definition) is 0. The Labute approximate surface area is 144 Å². The summed E-state index contributed by atoms with van der Waals surface area (Å²) < 4.78 is 0.926. The van der Waals surface area contributed by atoms with E-state index >= 15 is 0 Å². The predicted octanol–water partition coefficient (Wildman–Crippen LogP) is 5.38. The molecule has 24 heavy (non-hydrogen) atoms. The third-order valence-corrected chi connectivity index (χ3v) is 4.51. The van der Waals surface area contributed by atoms with E-state index in [1.807, 2.05) is 12.3 Å². The first kappa shape index (κ1) is 16.4. The molecule has 0 amide bonds. The first-order valence-electron chi connectivity index (χ1n) is 8.55. The summed E-state index contributed by atoms with van der Waals surface area (Å²) in [6, 6.07) is 19.2. The number of fused-ring (bicyclic) bond motifs is 1. The topological polar surface area (TPSA) is 12.9 Å². The molecule has 0 spiro atoms. The van der Waals surface area contributed by atoms with Gasteiger partial charge in [0.15, 0.2) is 0 Å². The third-order valence-electron chi connectivity index (χ3n) is 4.51. The smallest absolute Gasteiger partial charge is 0.132 e. The first-order valence-corrected chi connectivity index (χ1v) is 8.55. The van der Waals surface area contributed by atoms with Crippen LogP contribution in [0.2, 0.25) is 0 Å². The van der Waals surface area contributed by atoms with Crippen LogP contribution in [0.4, 0.5) is 5.69 Å². The fourth-order valence-corrected chi connectivity index (χ4v) is 3.13.